The Kier molecular flexibility index (Phi) is 5.57. The molecule has 2 fully saturated rings. The number of hydrogen-bond donors (Lipinski definition) is 1. The number of urea groups is 1. The SMILES string of the molecule is CC1=C(C)N2C(=NC3C2C(=O)NC(=O)N3C)N1CCN1CCN(Cc2ccc(F)cc2)CC1. The van der Waals surface area contributed by atoms with Gasteiger partial charge < -0.3 is 9.80 Å². The van der Waals surface area contributed by atoms with E-state index in [1.165, 1.54) is 17.0 Å². The molecule has 5 rings (SSSR count). The van der Waals surface area contributed by atoms with Crippen molar-refractivity contribution in [2.75, 3.05) is 46.3 Å². The smallest absolute Gasteiger partial charge is 0.313 e. The molecule has 2 unspecified atom stereocenters. The Labute approximate surface area is 193 Å². The number of nitrogens with zero attached hydrogens (tertiary/aromatic N) is 6. The van der Waals surface area contributed by atoms with Gasteiger partial charge in [-0.25, -0.2) is 14.2 Å². The van der Waals surface area contributed by atoms with Gasteiger partial charge in [0.1, 0.15) is 5.82 Å². The van der Waals surface area contributed by atoms with Gasteiger partial charge in [0.05, 0.1) is 0 Å². The van der Waals surface area contributed by atoms with Crippen molar-refractivity contribution in [2.45, 2.75) is 32.6 Å². The number of guanidine groups is 1. The number of halogens is 1. The van der Waals surface area contributed by atoms with Crippen LogP contribution < -0.4 is 5.32 Å². The lowest BCUT2D eigenvalue weighted by atomic mass is 10.1. The minimum Gasteiger partial charge on any atom is -0.313 e. The number of piperazine rings is 1. The van der Waals surface area contributed by atoms with Crippen LogP contribution in [0.25, 0.3) is 0 Å². The lowest BCUT2D eigenvalue weighted by molar-refractivity contribution is -0.126. The van der Waals surface area contributed by atoms with E-state index >= 15 is 0 Å². The van der Waals surface area contributed by atoms with Gasteiger partial charge in [-0.3, -0.25) is 24.8 Å². The molecule has 2 saturated heterocycles. The molecule has 176 valence electrons. The number of hydrogen-bond acceptors (Lipinski definition) is 7. The van der Waals surface area contributed by atoms with Crippen LogP contribution in [0.4, 0.5) is 9.18 Å². The topological polar surface area (TPSA) is 74.7 Å². The molecule has 9 nitrogen and oxygen atoms in total. The maximum Gasteiger partial charge on any atom is 0.325 e. The van der Waals surface area contributed by atoms with E-state index in [9.17, 15) is 14.0 Å². The van der Waals surface area contributed by atoms with Crippen molar-refractivity contribution in [3.05, 3.63) is 47.0 Å². The largest absolute Gasteiger partial charge is 0.325 e. The molecule has 0 radical (unpaired) electrons. The quantitative estimate of drug-likeness (QED) is 0.716. The molecule has 1 aromatic carbocycles. The van der Waals surface area contributed by atoms with Gasteiger partial charge in [0.2, 0.25) is 5.96 Å². The van der Waals surface area contributed by atoms with E-state index in [1.54, 1.807) is 7.05 Å². The molecular formula is C23H30FN7O2. The molecule has 4 aliphatic rings. The molecule has 1 aromatic rings. The highest BCUT2D eigenvalue weighted by Gasteiger charge is 2.53. The van der Waals surface area contributed by atoms with Gasteiger partial charge in [-0.05, 0) is 31.5 Å². The normalized spacial score (nSPS) is 26.1. The number of amides is 3. The summed E-state index contributed by atoms with van der Waals surface area (Å²) in [6.07, 6.45) is -0.498. The number of rotatable bonds is 5. The summed E-state index contributed by atoms with van der Waals surface area (Å²) < 4.78 is 13.1. The van der Waals surface area contributed by atoms with E-state index < -0.39 is 18.2 Å². The Bertz CT molecular complexity index is 1020. The lowest BCUT2D eigenvalue weighted by Crippen LogP contribution is -2.63. The summed E-state index contributed by atoms with van der Waals surface area (Å²) >= 11 is 0. The predicted octanol–water partition coefficient (Wildman–Crippen LogP) is 1.06. The zero-order valence-electron chi connectivity index (χ0n) is 19.3. The third kappa shape index (κ3) is 3.87. The Morgan fingerprint density at radius 1 is 1.00 bits per heavy atom. The second-order valence-corrected chi connectivity index (χ2v) is 9.13. The molecule has 0 spiro atoms. The molecule has 0 aromatic heterocycles. The van der Waals surface area contributed by atoms with Crippen molar-refractivity contribution in [2.24, 2.45) is 4.99 Å². The van der Waals surface area contributed by atoms with Gasteiger partial charge in [-0.15, -0.1) is 0 Å². The van der Waals surface area contributed by atoms with E-state index in [0.717, 1.165) is 68.7 Å². The summed E-state index contributed by atoms with van der Waals surface area (Å²) in [5, 5.41) is 2.43. The fourth-order valence-corrected chi connectivity index (χ4v) is 5.05. The van der Waals surface area contributed by atoms with Crippen LogP contribution in [-0.4, -0.2) is 101 Å². The van der Waals surface area contributed by atoms with Crippen molar-refractivity contribution in [1.82, 2.24) is 29.8 Å². The van der Waals surface area contributed by atoms with Crippen LogP contribution in [0.1, 0.15) is 19.4 Å². The molecule has 0 bridgehead atoms. The standard InChI is InChI=1S/C23H30FN7O2/c1-15-16(2)31-19-20(27(3)23(33)26-21(19)32)25-22(31)30(15)13-12-28-8-10-29(11-9-28)14-17-4-6-18(24)7-5-17/h4-7,19-20H,8-14H2,1-3H3,(H,26,32,33). The number of aliphatic imine (C=N–C) groups is 1. The van der Waals surface area contributed by atoms with Gasteiger partial charge in [-0.2, -0.15) is 0 Å². The molecule has 10 heteroatoms. The number of benzene rings is 1. The Morgan fingerprint density at radius 2 is 1.67 bits per heavy atom. The monoisotopic (exact) mass is 455 g/mol. The number of likely N-dealkylation sites (N-methyl/N-ethyl adjacent to an activating group) is 1. The van der Waals surface area contributed by atoms with Gasteiger partial charge >= 0.3 is 6.03 Å². The molecule has 4 aliphatic heterocycles. The molecule has 3 amide bonds. The van der Waals surface area contributed by atoms with Crippen molar-refractivity contribution in [3.63, 3.8) is 0 Å². The van der Waals surface area contributed by atoms with E-state index in [-0.39, 0.29) is 11.7 Å². The Hall–Kier alpha value is -2.98. The average molecular weight is 456 g/mol. The lowest BCUT2D eigenvalue weighted by Gasteiger charge is -2.36. The first-order valence-corrected chi connectivity index (χ1v) is 11.4. The first kappa shape index (κ1) is 21.8. The van der Waals surface area contributed by atoms with E-state index in [1.807, 2.05) is 24.0 Å². The number of fused-ring (bicyclic) bond motifs is 3. The van der Waals surface area contributed by atoms with Gasteiger partial charge in [-0.1, -0.05) is 12.1 Å². The predicted molar refractivity (Wildman–Crippen MR) is 121 cm³/mol. The molecule has 4 heterocycles. The van der Waals surface area contributed by atoms with Crippen LogP contribution >= 0.6 is 0 Å². The number of carbonyl (C=O) groups excluding carboxylic acids is 2. The van der Waals surface area contributed by atoms with Crippen molar-refractivity contribution in [1.29, 1.82) is 0 Å². The maximum absolute atomic E-state index is 13.1. The van der Waals surface area contributed by atoms with E-state index in [4.69, 9.17) is 4.99 Å². The third-order valence-corrected chi connectivity index (χ3v) is 7.20. The fourth-order valence-electron chi connectivity index (χ4n) is 5.05. The Balaban J connectivity index is 1.19. The van der Waals surface area contributed by atoms with Crippen LogP contribution in [0.2, 0.25) is 0 Å². The molecular weight excluding hydrogens is 425 g/mol. The highest BCUT2D eigenvalue weighted by Crippen LogP contribution is 2.35. The zero-order valence-corrected chi connectivity index (χ0v) is 19.3. The second kappa shape index (κ2) is 8.42. The highest BCUT2D eigenvalue weighted by molar-refractivity contribution is 6.05. The molecule has 2 atom stereocenters. The Morgan fingerprint density at radius 3 is 2.36 bits per heavy atom. The molecule has 1 N–H and O–H groups in total. The van der Waals surface area contributed by atoms with E-state index in [2.05, 4.69) is 26.9 Å². The number of allylic oxidation sites excluding steroid dienone is 2. The first-order chi connectivity index (χ1) is 15.8. The van der Waals surface area contributed by atoms with Crippen molar-refractivity contribution < 1.29 is 14.0 Å². The first-order valence-electron chi connectivity index (χ1n) is 11.4. The fraction of sp³-hybridized carbons (Fsp3) is 0.522. The number of nitrogens with one attached hydrogen (secondary N) is 1. The van der Waals surface area contributed by atoms with Crippen LogP contribution in [0.15, 0.2) is 40.7 Å². The summed E-state index contributed by atoms with van der Waals surface area (Å²) in [4.78, 5) is 39.9. The van der Waals surface area contributed by atoms with Crippen LogP contribution in [0.5, 0.6) is 0 Å². The van der Waals surface area contributed by atoms with Gasteiger partial charge in [0, 0.05) is 64.3 Å². The minimum absolute atomic E-state index is 0.200. The van der Waals surface area contributed by atoms with Crippen LogP contribution in [0, 0.1) is 5.82 Å². The van der Waals surface area contributed by atoms with Gasteiger partial charge in [0.15, 0.2) is 12.2 Å². The van der Waals surface area contributed by atoms with Gasteiger partial charge in [0.25, 0.3) is 5.91 Å². The molecule has 0 aliphatic carbocycles. The number of carbonyl (C=O) groups is 2. The molecule has 0 saturated carbocycles. The summed E-state index contributed by atoms with van der Waals surface area (Å²) in [5.41, 5.74) is 3.23. The summed E-state index contributed by atoms with van der Waals surface area (Å²) in [6.45, 7) is 10.4. The second-order valence-electron chi connectivity index (χ2n) is 9.13. The van der Waals surface area contributed by atoms with E-state index in [0.29, 0.717) is 0 Å². The van der Waals surface area contributed by atoms with Crippen LogP contribution in [0.3, 0.4) is 0 Å². The minimum atomic E-state index is -0.516. The van der Waals surface area contributed by atoms with Crippen LogP contribution in [-0.2, 0) is 11.3 Å². The number of imide groups is 1. The summed E-state index contributed by atoms with van der Waals surface area (Å²) in [6, 6.07) is 5.81. The summed E-state index contributed by atoms with van der Waals surface area (Å²) in [5.74, 6) is 0.258. The highest BCUT2D eigenvalue weighted by atomic mass is 19.1. The van der Waals surface area contributed by atoms with Crippen molar-refractivity contribution in [3.8, 4) is 0 Å². The van der Waals surface area contributed by atoms with Crippen molar-refractivity contribution >= 4 is 17.9 Å². The summed E-state index contributed by atoms with van der Waals surface area (Å²) in [7, 11) is 1.67. The maximum atomic E-state index is 13.1. The average Bonchev–Trinajstić information content (AvgIpc) is 3.30. The third-order valence-electron chi connectivity index (χ3n) is 7.20. The molecule has 33 heavy (non-hydrogen) atoms. The zero-order chi connectivity index (χ0) is 23.3.